The van der Waals surface area contributed by atoms with E-state index in [0.29, 0.717) is 0 Å². The molecule has 0 nitrogen and oxygen atoms in total. The Morgan fingerprint density at radius 2 is 0.636 bits per heavy atom. The maximum atomic E-state index is 2.80. The second-order valence-corrected chi connectivity index (χ2v) is 24.5. The quantitative estimate of drug-likeness (QED) is 0.451. The van der Waals surface area contributed by atoms with Crippen LogP contribution in [-0.4, -0.2) is 21.4 Å². The number of rotatable bonds is 3. The van der Waals surface area contributed by atoms with Gasteiger partial charge in [0.25, 0.3) is 0 Å². The minimum absolute atomic E-state index is 0.845. The van der Waals surface area contributed by atoms with Crippen LogP contribution in [0.5, 0.6) is 0 Å². The predicted octanol–water partition coefficient (Wildman–Crippen LogP) is 7.65. The topological polar surface area (TPSA) is 0 Å². The summed E-state index contributed by atoms with van der Waals surface area (Å²) >= 11 is -1.75. The van der Waals surface area contributed by atoms with Crippen molar-refractivity contribution in [2.45, 2.75) is 127 Å². The molecule has 0 saturated heterocycles. The molecule has 0 radical (unpaired) electrons. The molecule has 22 heavy (non-hydrogen) atoms. The van der Waals surface area contributed by atoms with Crippen LogP contribution in [0.15, 0.2) is 0 Å². The van der Waals surface area contributed by atoms with E-state index in [1.54, 1.807) is 77.0 Å². The molecule has 0 aromatic rings. The van der Waals surface area contributed by atoms with Gasteiger partial charge in [-0.1, -0.05) is 0 Å². The van der Waals surface area contributed by atoms with Crippen LogP contribution >= 0.6 is 0 Å². The van der Waals surface area contributed by atoms with Gasteiger partial charge in [-0.3, -0.25) is 0 Å². The van der Waals surface area contributed by atoms with Gasteiger partial charge in [-0.25, -0.2) is 0 Å². The molecule has 3 fully saturated rings. The van der Waals surface area contributed by atoms with Crippen molar-refractivity contribution in [1.29, 1.82) is 0 Å². The molecule has 126 valence electrons. The zero-order valence-corrected chi connectivity index (χ0v) is 19.0. The average Bonchev–Trinajstić information content (AvgIpc) is 2.48. The van der Waals surface area contributed by atoms with Gasteiger partial charge < -0.3 is 0 Å². The summed E-state index contributed by atoms with van der Waals surface area (Å²) in [7, 11) is 0. The summed E-state index contributed by atoms with van der Waals surface area (Å²) in [5.41, 5.74) is 0. The summed E-state index contributed by atoms with van der Waals surface area (Å²) in [6.07, 6.45) is 23.6. The van der Waals surface area contributed by atoms with E-state index in [2.05, 4.69) is 20.8 Å². The Morgan fingerprint density at radius 3 is 0.864 bits per heavy atom. The van der Waals surface area contributed by atoms with Crippen LogP contribution in [0.25, 0.3) is 0 Å². The summed E-state index contributed by atoms with van der Waals surface area (Å²) in [4.78, 5) is 0. The Hall–Kier alpha value is 0.870. The first-order chi connectivity index (χ1) is 10.5. The Balaban J connectivity index is 1.93. The Kier molecular flexibility index (Phi) is 5.63. The molecule has 0 N–H and O–H groups in total. The zero-order chi connectivity index (χ0) is 15.7. The van der Waals surface area contributed by atoms with E-state index in [9.17, 15) is 0 Å². The van der Waals surface area contributed by atoms with Gasteiger partial charge in [-0.05, 0) is 0 Å². The van der Waals surface area contributed by atoms with Crippen LogP contribution in [0.3, 0.4) is 0 Å². The van der Waals surface area contributed by atoms with E-state index in [4.69, 9.17) is 0 Å². The molecule has 0 heterocycles. The van der Waals surface area contributed by atoms with Crippen LogP contribution in [0.2, 0.25) is 9.51 Å². The second kappa shape index (κ2) is 7.01. The van der Waals surface area contributed by atoms with Gasteiger partial charge in [0.15, 0.2) is 0 Å². The molecular weight excluding hydrogens is 367 g/mol. The van der Waals surface area contributed by atoms with Gasteiger partial charge in [0, 0.05) is 0 Å². The summed E-state index contributed by atoms with van der Waals surface area (Å²) in [5, 5.41) is 0. The Bertz CT molecular complexity index is 297. The van der Waals surface area contributed by atoms with Crippen molar-refractivity contribution < 1.29 is 0 Å². The van der Waals surface area contributed by atoms with E-state index in [1.165, 1.54) is 19.3 Å². The first kappa shape index (κ1) is 17.7. The van der Waals surface area contributed by atoms with Crippen LogP contribution in [0.4, 0.5) is 0 Å². The van der Waals surface area contributed by atoms with Gasteiger partial charge in [0.05, 0.1) is 0 Å². The van der Waals surface area contributed by atoms with Crippen LogP contribution in [0, 0.1) is 0 Å². The summed E-state index contributed by atoms with van der Waals surface area (Å²) in [6, 6.07) is 0. The number of hydrogen-bond acceptors (Lipinski definition) is 0. The van der Waals surface area contributed by atoms with Gasteiger partial charge in [0.2, 0.25) is 0 Å². The Labute approximate surface area is 147 Å². The van der Waals surface area contributed by atoms with Crippen LogP contribution in [0.1, 0.15) is 117 Å². The third-order valence-corrected chi connectivity index (χ3v) is 25.0. The predicted molar refractivity (Wildman–Crippen MR) is 100 cm³/mol. The normalized spacial score (nSPS) is 30.7. The van der Waals surface area contributed by atoms with Gasteiger partial charge in [-0.15, -0.1) is 0 Å². The maximum absolute atomic E-state index is 2.80. The molecule has 0 unspecified atom stereocenters. The van der Waals surface area contributed by atoms with Gasteiger partial charge in [-0.2, -0.15) is 0 Å². The van der Waals surface area contributed by atoms with Gasteiger partial charge >= 0.3 is 148 Å². The van der Waals surface area contributed by atoms with Crippen molar-refractivity contribution in [2.24, 2.45) is 0 Å². The zero-order valence-electron chi connectivity index (χ0n) is 15.7. The van der Waals surface area contributed by atoms with Crippen molar-refractivity contribution in [3.05, 3.63) is 0 Å². The molecule has 1 heteroatoms. The van der Waals surface area contributed by atoms with Crippen molar-refractivity contribution >= 4 is 21.4 Å². The fourth-order valence-corrected chi connectivity index (χ4v) is 30.3. The molecule has 0 spiro atoms. The standard InChI is InChI=1S/3C7H13.In/c3*1-7-5-3-2-4-6-7;/h3*2-6H2,1H3;. The van der Waals surface area contributed by atoms with E-state index in [-0.39, 0.29) is 0 Å². The molecule has 3 saturated carbocycles. The fraction of sp³-hybridized carbons (Fsp3) is 1.00. The average molecular weight is 406 g/mol. The summed E-state index contributed by atoms with van der Waals surface area (Å²) < 4.78 is 2.54. The molecule has 0 amide bonds. The van der Waals surface area contributed by atoms with Crippen LogP contribution in [-0.2, 0) is 0 Å². The number of hydrogen-bond donors (Lipinski definition) is 0. The molecule has 0 aromatic heterocycles. The monoisotopic (exact) mass is 406 g/mol. The second-order valence-electron chi connectivity index (χ2n) is 10.1. The van der Waals surface area contributed by atoms with Crippen molar-refractivity contribution in [3.63, 3.8) is 0 Å². The molecule has 3 aliphatic rings. The van der Waals surface area contributed by atoms with Crippen LogP contribution < -0.4 is 0 Å². The Morgan fingerprint density at radius 1 is 0.409 bits per heavy atom. The molecule has 0 aliphatic heterocycles. The first-order valence-corrected chi connectivity index (χ1v) is 15.4. The summed E-state index contributed by atoms with van der Waals surface area (Å²) in [6.45, 7) is 8.39. The molecule has 3 rings (SSSR count). The van der Waals surface area contributed by atoms with Crippen molar-refractivity contribution in [3.8, 4) is 0 Å². The third-order valence-electron chi connectivity index (χ3n) is 8.08. The molecule has 0 bridgehead atoms. The summed E-state index contributed by atoms with van der Waals surface area (Å²) in [5.74, 6) is 0. The molecular formula is C21H39In. The third kappa shape index (κ3) is 3.45. The van der Waals surface area contributed by atoms with E-state index in [1.807, 2.05) is 0 Å². The van der Waals surface area contributed by atoms with E-state index >= 15 is 0 Å². The van der Waals surface area contributed by atoms with E-state index in [0.717, 1.165) is 9.51 Å². The fourth-order valence-electron chi connectivity index (χ4n) is 7.47. The first-order valence-electron chi connectivity index (χ1n) is 10.5. The molecule has 0 aromatic carbocycles. The van der Waals surface area contributed by atoms with Gasteiger partial charge in [0.1, 0.15) is 0 Å². The SMILES string of the molecule is C[C]1([In]([C]2(C)CCCCC2)[C]2(C)CCCCC2)CCCCC1. The van der Waals surface area contributed by atoms with E-state index < -0.39 is 21.4 Å². The van der Waals surface area contributed by atoms with Crippen molar-refractivity contribution in [2.75, 3.05) is 0 Å². The minimum atomic E-state index is -1.75. The molecule has 0 atom stereocenters. The van der Waals surface area contributed by atoms with Crippen molar-refractivity contribution in [1.82, 2.24) is 0 Å². The molecule has 3 aliphatic carbocycles.